The van der Waals surface area contributed by atoms with Gasteiger partial charge in [0.1, 0.15) is 0 Å². The fraction of sp³-hybridized carbons (Fsp3) is 0.429. The van der Waals surface area contributed by atoms with Crippen LogP contribution in [0.15, 0.2) is 24.4 Å². The van der Waals surface area contributed by atoms with Gasteiger partial charge in [-0.3, -0.25) is 0 Å². The third-order valence-electron chi connectivity index (χ3n) is 3.07. The second-order valence-electron chi connectivity index (χ2n) is 4.36. The van der Waals surface area contributed by atoms with E-state index in [1.807, 2.05) is 0 Å². The summed E-state index contributed by atoms with van der Waals surface area (Å²) in [6.45, 7) is 6.20. The Morgan fingerprint density at radius 2 is 2.12 bits per heavy atom. The van der Waals surface area contributed by atoms with E-state index in [9.17, 15) is 0 Å². The second-order valence-corrected chi connectivity index (χ2v) is 4.36. The summed E-state index contributed by atoms with van der Waals surface area (Å²) in [5.74, 6) is 0. The Kier molecular flexibility index (Phi) is 3.30. The lowest BCUT2D eigenvalue weighted by molar-refractivity contribution is 0.700. The number of benzene rings is 1. The Morgan fingerprint density at radius 1 is 1.31 bits per heavy atom. The van der Waals surface area contributed by atoms with Gasteiger partial charge in [-0.15, -0.1) is 0 Å². The van der Waals surface area contributed by atoms with Gasteiger partial charge in [0.25, 0.3) is 0 Å². The number of nitrogens with zero attached hydrogens (tertiary/aromatic N) is 1. The molecular weight excluding hydrogens is 196 g/mol. The highest BCUT2D eigenvalue weighted by molar-refractivity contribution is 5.87. The third-order valence-corrected chi connectivity index (χ3v) is 3.07. The average molecular weight is 216 g/mol. The number of nitrogens with two attached hydrogens (primary N) is 1. The van der Waals surface area contributed by atoms with Gasteiger partial charge in [0.05, 0.1) is 0 Å². The van der Waals surface area contributed by atoms with Crippen LogP contribution in [0.4, 0.5) is 0 Å². The number of fused-ring (bicyclic) bond motifs is 1. The van der Waals surface area contributed by atoms with Crippen LogP contribution in [-0.4, -0.2) is 11.1 Å². The van der Waals surface area contributed by atoms with Crippen molar-refractivity contribution in [2.45, 2.75) is 33.2 Å². The summed E-state index contributed by atoms with van der Waals surface area (Å²) in [6.07, 6.45) is 4.41. The van der Waals surface area contributed by atoms with E-state index in [4.69, 9.17) is 5.73 Å². The molecule has 0 radical (unpaired) electrons. The van der Waals surface area contributed by atoms with Crippen molar-refractivity contribution >= 4 is 10.9 Å². The minimum atomic E-state index is 0.722. The summed E-state index contributed by atoms with van der Waals surface area (Å²) in [7, 11) is 0. The molecule has 0 bridgehead atoms. The molecule has 0 atom stereocenters. The van der Waals surface area contributed by atoms with E-state index in [0.29, 0.717) is 0 Å². The first kappa shape index (κ1) is 11.2. The van der Waals surface area contributed by atoms with Crippen molar-refractivity contribution in [1.82, 2.24) is 4.57 Å². The van der Waals surface area contributed by atoms with Crippen molar-refractivity contribution in [3.05, 3.63) is 35.5 Å². The normalized spacial score (nSPS) is 11.2. The van der Waals surface area contributed by atoms with Crippen LogP contribution in [0.1, 0.15) is 24.5 Å². The first-order valence-electron chi connectivity index (χ1n) is 6.05. The molecule has 0 aliphatic rings. The van der Waals surface area contributed by atoms with E-state index in [1.165, 1.54) is 28.5 Å². The molecule has 2 aromatic rings. The molecule has 2 N–H and O–H groups in total. The van der Waals surface area contributed by atoms with Crippen LogP contribution in [0.3, 0.4) is 0 Å². The van der Waals surface area contributed by atoms with Crippen LogP contribution < -0.4 is 5.73 Å². The maximum absolute atomic E-state index is 5.68. The summed E-state index contributed by atoms with van der Waals surface area (Å²) in [4.78, 5) is 0. The second kappa shape index (κ2) is 4.71. The molecule has 0 saturated carbocycles. The van der Waals surface area contributed by atoms with Gasteiger partial charge in [0, 0.05) is 23.6 Å². The van der Waals surface area contributed by atoms with Crippen molar-refractivity contribution in [3.63, 3.8) is 0 Å². The molecule has 1 aromatic carbocycles. The van der Waals surface area contributed by atoms with Crippen LogP contribution in [0.2, 0.25) is 0 Å². The van der Waals surface area contributed by atoms with Crippen molar-refractivity contribution in [2.75, 3.05) is 6.54 Å². The number of rotatable bonds is 4. The van der Waals surface area contributed by atoms with Crippen molar-refractivity contribution in [3.8, 4) is 0 Å². The van der Waals surface area contributed by atoms with Crippen molar-refractivity contribution < 1.29 is 0 Å². The lowest BCUT2D eigenvalue weighted by Gasteiger charge is -2.03. The first-order chi connectivity index (χ1) is 7.77. The molecule has 0 aliphatic heterocycles. The monoisotopic (exact) mass is 216 g/mol. The average Bonchev–Trinajstić information content (AvgIpc) is 2.60. The molecule has 2 rings (SSSR count). The van der Waals surface area contributed by atoms with Crippen LogP contribution in [0.25, 0.3) is 10.9 Å². The lowest BCUT2D eigenvalue weighted by Crippen LogP contribution is -2.02. The van der Waals surface area contributed by atoms with Gasteiger partial charge in [-0.1, -0.05) is 19.1 Å². The first-order valence-corrected chi connectivity index (χ1v) is 6.05. The van der Waals surface area contributed by atoms with E-state index >= 15 is 0 Å². The van der Waals surface area contributed by atoms with Crippen molar-refractivity contribution in [2.24, 2.45) is 5.73 Å². The van der Waals surface area contributed by atoms with Gasteiger partial charge in [0.15, 0.2) is 0 Å². The Balaban J connectivity index is 2.61. The van der Waals surface area contributed by atoms with E-state index in [-0.39, 0.29) is 0 Å². The molecular formula is C14H20N2. The summed E-state index contributed by atoms with van der Waals surface area (Å²) >= 11 is 0. The molecule has 1 aromatic heterocycles. The highest BCUT2D eigenvalue weighted by Crippen LogP contribution is 2.25. The van der Waals surface area contributed by atoms with E-state index in [0.717, 1.165) is 19.5 Å². The van der Waals surface area contributed by atoms with Gasteiger partial charge >= 0.3 is 0 Å². The minimum Gasteiger partial charge on any atom is -0.347 e. The van der Waals surface area contributed by atoms with Crippen LogP contribution >= 0.6 is 0 Å². The van der Waals surface area contributed by atoms with E-state index in [1.54, 1.807) is 0 Å². The minimum absolute atomic E-state index is 0.722. The largest absolute Gasteiger partial charge is 0.347 e. The maximum atomic E-state index is 5.68. The summed E-state index contributed by atoms with van der Waals surface area (Å²) in [5, 5.41) is 1.40. The quantitative estimate of drug-likeness (QED) is 0.837. The molecule has 2 heteroatoms. The highest BCUT2D eigenvalue weighted by Gasteiger charge is 2.08. The Hall–Kier alpha value is -1.28. The number of hydrogen-bond acceptors (Lipinski definition) is 1. The smallest absolute Gasteiger partial charge is 0.0485 e. The molecule has 86 valence electrons. The fourth-order valence-corrected chi connectivity index (χ4v) is 2.40. The lowest BCUT2D eigenvalue weighted by atomic mass is 10.1. The van der Waals surface area contributed by atoms with Gasteiger partial charge in [-0.25, -0.2) is 0 Å². The molecule has 16 heavy (non-hydrogen) atoms. The number of aromatic nitrogens is 1. The fourth-order valence-electron chi connectivity index (χ4n) is 2.40. The molecule has 2 nitrogen and oxygen atoms in total. The Labute approximate surface area is 97.1 Å². The van der Waals surface area contributed by atoms with Crippen LogP contribution in [0.5, 0.6) is 0 Å². The van der Waals surface area contributed by atoms with Crippen molar-refractivity contribution in [1.29, 1.82) is 0 Å². The zero-order chi connectivity index (χ0) is 11.5. The summed E-state index contributed by atoms with van der Waals surface area (Å²) in [6, 6.07) is 6.52. The molecule has 0 saturated heterocycles. The Bertz CT molecular complexity index is 483. The Morgan fingerprint density at radius 3 is 2.81 bits per heavy atom. The molecule has 0 spiro atoms. The standard InChI is InChI=1S/C14H20N2/c1-3-9-16-10-12(7-8-15)14-11(2)5-4-6-13(14)16/h4-6,10H,3,7-9,15H2,1-2H3. The SMILES string of the molecule is CCCn1cc(CCN)c2c(C)cccc21. The molecule has 0 unspecified atom stereocenters. The highest BCUT2D eigenvalue weighted by atomic mass is 15.0. The molecule has 1 heterocycles. The predicted molar refractivity (Wildman–Crippen MR) is 69.7 cm³/mol. The number of hydrogen-bond donors (Lipinski definition) is 1. The zero-order valence-corrected chi connectivity index (χ0v) is 10.2. The third kappa shape index (κ3) is 1.85. The molecule has 0 amide bonds. The van der Waals surface area contributed by atoms with E-state index in [2.05, 4.69) is 42.8 Å². The molecule has 0 fully saturated rings. The van der Waals surface area contributed by atoms with Gasteiger partial charge in [0.2, 0.25) is 0 Å². The van der Waals surface area contributed by atoms with Gasteiger partial charge < -0.3 is 10.3 Å². The maximum Gasteiger partial charge on any atom is 0.0485 e. The van der Waals surface area contributed by atoms with Crippen LogP contribution in [0, 0.1) is 6.92 Å². The van der Waals surface area contributed by atoms with Crippen LogP contribution in [-0.2, 0) is 13.0 Å². The van der Waals surface area contributed by atoms with Gasteiger partial charge in [-0.2, -0.15) is 0 Å². The van der Waals surface area contributed by atoms with Gasteiger partial charge in [-0.05, 0) is 43.5 Å². The predicted octanol–water partition coefficient (Wildman–Crippen LogP) is 2.86. The summed E-state index contributed by atoms with van der Waals surface area (Å²) < 4.78 is 2.35. The van der Waals surface area contributed by atoms with E-state index < -0.39 is 0 Å². The zero-order valence-electron chi connectivity index (χ0n) is 10.2. The number of aryl methyl sites for hydroxylation is 2. The molecule has 0 aliphatic carbocycles. The summed E-state index contributed by atoms with van der Waals surface area (Å²) in [5.41, 5.74) is 9.78. The topological polar surface area (TPSA) is 30.9 Å².